The summed E-state index contributed by atoms with van der Waals surface area (Å²) in [6.07, 6.45) is 4.03. The number of rotatable bonds is 7. The van der Waals surface area contributed by atoms with E-state index in [4.69, 9.17) is 4.74 Å². The van der Waals surface area contributed by atoms with E-state index in [-0.39, 0.29) is 5.91 Å². The molecule has 16 heavy (non-hydrogen) atoms. The zero-order valence-corrected chi connectivity index (χ0v) is 10.6. The molecule has 1 N–H and O–H groups in total. The van der Waals surface area contributed by atoms with Gasteiger partial charge >= 0.3 is 0 Å². The Bertz CT molecular complexity index is 306. The van der Waals surface area contributed by atoms with Crippen molar-refractivity contribution < 1.29 is 9.53 Å². The maximum atomic E-state index is 11.5. The molecule has 0 aliphatic rings. The van der Waals surface area contributed by atoms with Crippen molar-refractivity contribution in [1.82, 2.24) is 10.3 Å². The van der Waals surface area contributed by atoms with Crippen molar-refractivity contribution in [2.24, 2.45) is 0 Å². The second-order valence-corrected chi connectivity index (χ2v) is 3.94. The number of pyridine rings is 1. The average molecular weight is 287 g/mol. The lowest BCUT2D eigenvalue weighted by Gasteiger charge is -2.05. The van der Waals surface area contributed by atoms with E-state index in [0.717, 1.165) is 11.8 Å². The lowest BCUT2D eigenvalue weighted by molar-refractivity contribution is 0.0944. The number of nitrogens with one attached hydrogen (secondary N) is 1. The summed E-state index contributed by atoms with van der Waals surface area (Å²) in [5.41, 5.74) is 0.636. The van der Waals surface area contributed by atoms with Crippen LogP contribution in [-0.2, 0) is 4.74 Å². The third-order valence-electron chi connectivity index (χ3n) is 1.92. The summed E-state index contributed by atoms with van der Waals surface area (Å²) in [4.78, 5) is 15.4. The topological polar surface area (TPSA) is 51.2 Å². The Hall–Kier alpha value is -0.940. The molecule has 1 aromatic heterocycles. The van der Waals surface area contributed by atoms with Crippen molar-refractivity contribution in [2.75, 3.05) is 25.1 Å². The van der Waals surface area contributed by atoms with Crippen molar-refractivity contribution in [1.29, 1.82) is 0 Å². The highest BCUT2D eigenvalue weighted by Crippen LogP contribution is 1.95. The van der Waals surface area contributed by atoms with Gasteiger partial charge in [0.05, 0.1) is 6.61 Å². The van der Waals surface area contributed by atoms with Crippen molar-refractivity contribution in [3.8, 4) is 0 Å². The zero-order chi connectivity index (χ0) is 11.6. The number of carbonyl (C=O) groups is 1. The van der Waals surface area contributed by atoms with Gasteiger partial charge in [-0.15, -0.1) is 0 Å². The summed E-state index contributed by atoms with van der Waals surface area (Å²) in [7, 11) is 0. The number of alkyl halides is 1. The molecule has 0 aliphatic heterocycles. The van der Waals surface area contributed by atoms with Gasteiger partial charge < -0.3 is 10.1 Å². The molecule has 0 spiro atoms. The smallest absolute Gasteiger partial charge is 0.251 e. The minimum absolute atomic E-state index is 0.0668. The number of aromatic nitrogens is 1. The van der Waals surface area contributed by atoms with E-state index in [1.54, 1.807) is 24.5 Å². The van der Waals surface area contributed by atoms with Crippen LogP contribution in [0.1, 0.15) is 16.8 Å². The van der Waals surface area contributed by atoms with Crippen LogP contribution >= 0.6 is 15.9 Å². The summed E-state index contributed by atoms with van der Waals surface area (Å²) < 4.78 is 5.26. The van der Waals surface area contributed by atoms with Gasteiger partial charge in [-0.1, -0.05) is 15.9 Å². The van der Waals surface area contributed by atoms with E-state index < -0.39 is 0 Å². The van der Waals surface area contributed by atoms with Crippen LogP contribution in [0.4, 0.5) is 0 Å². The van der Waals surface area contributed by atoms with Crippen LogP contribution in [0.25, 0.3) is 0 Å². The van der Waals surface area contributed by atoms with E-state index in [1.807, 2.05) is 0 Å². The van der Waals surface area contributed by atoms with E-state index in [1.165, 1.54) is 0 Å². The first-order valence-electron chi connectivity index (χ1n) is 5.16. The standard InChI is InChI=1S/C11H15BrN2O2/c12-4-9-16-8-1-5-14-11(15)10-2-6-13-7-3-10/h2-3,6-7H,1,4-5,8-9H2,(H,14,15). The summed E-state index contributed by atoms with van der Waals surface area (Å²) in [6, 6.07) is 3.38. The number of carbonyl (C=O) groups excluding carboxylic acids is 1. The Morgan fingerprint density at radius 3 is 2.81 bits per heavy atom. The van der Waals surface area contributed by atoms with Gasteiger partial charge in [-0.2, -0.15) is 0 Å². The van der Waals surface area contributed by atoms with Crippen molar-refractivity contribution in [3.63, 3.8) is 0 Å². The maximum Gasteiger partial charge on any atom is 0.251 e. The Kier molecular flexibility index (Phi) is 6.76. The largest absolute Gasteiger partial charge is 0.381 e. The molecular weight excluding hydrogens is 272 g/mol. The van der Waals surface area contributed by atoms with Crippen LogP contribution in [0.15, 0.2) is 24.5 Å². The molecule has 0 unspecified atom stereocenters. The number of hydrogen-bond acceptors (Lipinski definition) is 3. The van der Waals surface area contributed by atoms with Gasteiger partial charge in [-0.25, -0.2) is 0 Å². The number of halogens is 1. The predicted octanol–water partition coefficient (Wildman–Crippen LogP) is 1.61. The fourth-order valence-corrected chi connectivity index (χ4v) is 1.37. The van der Waals surface area contributed by atoms with E-state index >= 15 is 0 Å². The van der Waals surface area contributed by atoms with Gasteiger partial charge in [0.1, 0.15) is 0 Å². The first-order valence-corrected chi connectivity index (χ1v) is 6.28. The molecule has 0 saturated heterocycles. The minimum atomic E-state index is -0.0668. The number of nitrogens with zero attached hydrogens (tertiary/aromatic N) is 1. The van der Waals surface area contributed by atoms with E-state index in [2.05, 4.69) is 26.2 Å². The molecule has 5 heteroatoms. The molecule has 1 heterocycles. The average Bonchev–Trinajstić information content (AvgIpc) is 2.34. The zero-order valence-electron chi connectivity index (χ0n) is 8.99. The predicted molar refractivity (Wildman–Crippen MR) is 65.8 cm³/mol. The van der Waals surface area contributed by atoms with Crippen LogP contribution in [0, 0.1) is 0 Å². The lowest BCUT2D eigenvalue weighted by atomic mass is 10.2. The van der Waals surface area contributed by atoms with Crippen molar-refractivity contribution >= 4 is 21.8 Å². The molecule has 1 rings (SSSR count). The third kappa shape index (κ3) is 5.23. The summed E-state index contributed by atoms with van der Waals surface area (Å²) in [6.45, 7) is 2.00. The van der Waals surface area contributed by atoms with Crippen LogP contribution in [0.2, 0.25) is 0 Å². The molecule has 1 aromatic rings. The van der Waals surface area contributed by atoms with Gasteiger partial charge in [0.15, 0.2) is 0 Å². The monoisotopic (exact) mass is 286 g/mol. The Morgan fingerprint density at radius 2 is 2.12 bits per heavy atom. The highest BCUT2D eigenvalue weighted by Gasteiger charge is 2.02. The van der Waals surface area contributed by atoms with Gasteiger partial charge in [-0.3, -0.25) is 9.78 Å². The second-order valence-electron chi connectivity index (χ2n) is 3.15. The first-order chi connectivity index (χ1) is 7.84. The van der Waals surface area contributed by atoms with Crippen molar-refractivity contribution in [2.45, 2.75) is 6.42 Å². The minimum Gasteiger partial charge on any atom is -0.381 e. The Labute approximate surface area is 104 Å². The molecule has 88 valence electrons. The van der Waals surface area contributed by atoms with Crippen LogP contribution in [0.3, 0.4) is 0 Å². The highest BCUT2D eigenvalue weighted by atomic mass is 79.9. The molecule has 4 nitrogen and oxygen atoms in total. The SMILES string of the molecule is O=C(NCCCOCCBr)c1ccncc1. The van der Waals surface area contributed by atoms with Gasteiger partial charge in [0.25, 0.3) is 5.91 Å². The molecule has 0 saturated carbocycles. The molecule has 0 bridgehead atoms. The van der Waals surface area contributed by atoms with Crippen LogP contribution in [-0.4, -0.2) is 36.0 Å². The normalized spacial score (nSPS) is 10.1. The maximum absolute atomic E-state index is 11.5. The summed E-state index contributed by atoms with van der Waals surface area (Å²) >= 11 is 3.27. The van der Waals surface area contributed by atoms with Crippen LogP contribution in [0.5, 0.6) is 0 Å². The van der Waals surface area contributed by atoms with E-state index in [0.29, 0.717) is 25.3 Å². The van der Waals surface area contributed by atoms with Gasteiger partial charge in [0, 0.05) is 36.4 Å². The second kappa shape index (κ2) is 8.24. The van der Waals surface area contributed by atoms with Crippen LogP contribution < -0.4 is 5.32 Å². The third-order valence-corrected chi connectivity index (χ3v) is 2.24. The molecule has 0 atom stereocenters. The number of hydrogen-bond donors (Lipinski definition) is 1. The summed E-state index contributed by atoms with van der Waals surface area (Å²) in [5, 5.41) is 3.66. The highest BCUT2D eigenvalue weighted by molar-refractivity contribution is 9.09. The van der Waals surface area contributed by atoms with Gasteiger partial charge in [0.2, 0.25) is 0 Å². The fraction of sp³-hybridized carbons (Fsp3) is 0.455. The van der Waals surface area contributed by atoms with Crippen molar-refractivity contribution in [3.05, 3.63) is 30.1 Å². The molecule has 0 aromatic carbocycles. The molecule has 1 amide bonds. The van der Waals surface area contributed by atoms with E-state index in [9.17, 15) is 4.79 Å². The number of ether oxygens (including phenoxy) is 1. The quantitative estimate of drug-likeness (QED) is 0.612. The summed E-state index contributed by atoms with van der Waals surface area (Å²) in [5.74, 6) is -0.0668. The number of amides is 1. The first kappa shape index (κ1) is 13.1. The molecule has 0 fully saturated rings. The Morgan fingerprint density at radius 1 is 1.38 bits per heavy atom. The molecule has 0 radical (unpaired) electrons. The lowest BCUT2D eigenvalue weighted by Crippen LogP contribution is -2.25. The fourth-order valence-electron chi connectivity index (χ4n) is 1.14. The molecule has 0 aliphatic carbocycles. The molecular formula is C11H15BrN2O2. The Balaban J connectivity index is 2.12. The van der Waals surface area contributed by atoms with Gasteiger partial charge in [-0.05, 0) is 18.6 Å².